The third-order valence-electron chi connectivity index (χ3n) is 4.33. The number of nitrogens with one attached hydrogen (secondary N) is 1. The van der Waals surface area contributed by atoms with E-state index in [0.717, 1.165) is 22.5 Å². The lowest BCUT2D eigenvalue weighted by Crippen LogP contribution is -2.30. The van der Waals surface area contributed by atoms with E-state index in [9.17, 15) is 0 Å². The van der Waals surface area contributed by atoms with Crippen LogP contribution in [-0.4, -0.2) is 23.1 Å². The summed E-state index contributed by atoms with van der Waals surface area (Å²) in [6.07, 6.45) is 6.49. The zero-order valence-corrected chi connectivity index (χ0v) is 13.8. The van der Waals surface area contributed by atoms with Gasteiger partial charge in [0.05, 0.1) is 5.39 Å². The van der Waals surface area contributed by atoms with Crippen molar-refractivity contribution in [1.29, 1.82) is 0 Å². The van der Waals surface area contributed by atoms with Gasteiger partial charge in [-0.2, -0.15) is 4.98 Å². The number of thiophene rings is 1. The molecule has 1 fully saturated rings. The van der Waals surface area contributed by atoms with Crippen LogP contribution < -0.4 is 10.1 Å². The average molecular weight is 305 g/mol. The molecule has 1 aliphatic rings. The van der Waals surface area contributed by atoms with Crippen molar-refractivity contribution in [1.82, 2.24) is 9.97 Å². The molecular formula is C16H23N3OS. The van der Waals surface area contributed by atoms with Crippen LogP contribution in [0, 0.1) is 12.8 Å². The fraction of sp³-hybridized carbons (Fsp3) is 0.625. The van der Waals surface area contributed by atoms with Gasteiger partial charge in [-0.15, -0.1) is 11.3 Å². The summed E-state index contributed by atoms with van der Waals surface area (Å²) in [7, 11) is 1.85. The Balaban J connectivity index is 1.94. The van der Waals surface area contributed by atoms with Crippen LogP contribution >= 0.6 is 11.3 Å². The van der Waals surface area contributed by atoms with Crippen molar-refractivity contribution in [2.24, 2.45) is 5.92 Å². The van der Waals surface area contributed by atoms with Crippen molar-refractivity contribution in [2.45, 2.75) is 52.1 Å². The molecule has 5 heteroatoms. The lowest BCUT2D eigenvalue weighted by molar-refractivity contribution is 0.0876. The largest absolute Gasteiger partial charge is 0.473 e. The van der Waals surface area contributed by atoms with E-state index in [1.54, 1.807) is 11.3 Å². The van der Waals surface area contributed by atoms with E-state index in [1.165, 1.54) is 30.6 Å². The molecule has 2 unspecified atom stereocenters. The van der Waals surface area contributed by atoms with Crippen LogP contribution in [0.4, 0.5) is 5.95 Å². The van der Waals surface area contributed by atoms with Gasteiger partial charge >= 0.3 is 0 Å². The number of ether oxygens (including phenoxy) is 1. The van der Waals surface area contributed by atoms with Crippen molar-refractivity contribution in [3.63, 3.8) is 0 Å². The number of anilines is 1. The molecule has 1 aliphatic carbocycles. The molecule has 0 amide bonds. The number of aromatic nitrogens is 2. The zero-order chi connectivity index (χ0) is 14.8. The first-order valence-electron chi connectivity index (χ1n) is 7.84. The maximum atomic E-state index is 6.34. The second-order valence-corrected chi connectivity index (χ2v) is 7.02. The summed E-state index contributed by atoms with van der Waals surface area (Å²) in [4.78, 5) is 11.3. The Hall–Kier alpha value is -1.36. The smallest absolute Gasteiger partial charge is 0.227 e. The molecule has 2 aromatic rings. The first-order valence-corrected chi connectivity index (χ1v) is 8.65. The molecule has 2 aromatic heterocycles. The molecule has 3 rings (SSSR count). The van der Waals surface area contributed by atoms with Gasteiger partial charge in [0, 0.05) is 11.9 Å². The molecule has 0 bridgehead atoms. The van der Waals surface area contributed by atoms with E-state index in [-0.39, 0.29) is 0 Å². The summed E-state index contributed by atoms with van der Waals surface area (Å²) in [6, 6.07) is 2.14. The number of rotatable bonds is 4. The number of hydrogen-bond acceptors (Lipinski definition) is 5. The number of nitrogens with zero attached hydrogens (tertiary/aromatic N) is 2. The van der Waals surface area contributed by atoms with Crippen molar-refractivity contribution < 1.29 is 4.74 Å². The van der Waals surface area contributed by atoms with Gasteiger partial charge in [-0.05, 0) is 44.6 Å². The number of fused-ring (bicyclic) bond motifs is 1. The molecule has 114 valence electrons. The third-order valence-corrected chi connectivity index (χ3v) is 5.28. The second kappa shape index (κ2) is 6.18. The van der Waals surface area contributed by atoms with Gasteiger partial charge in [-0.25, -0.2) is 4.98 Å². The van der Waals surface area contributed by atoms with Gasteiger partial charge in [0.15, 0.2) is 0 Å². The maximum absolute atomic E-state index is 6.34. The molecule has 0 radical (unpaired) electrons. The zero-order valence-electron chi connectivity index (χ0n) is 13.0. The van der Waals surface area contributed by atoms with E-state index in [2.05, 4.69) is 35.2 Å². The lowest BCUT2D eigenvalue weighted by atomic mass is 9.85. The monoisotopic (exact) mass is 305 g/mol. The van der Waals surface area contributed by atoms with E-state index in [0.29, 0.717) is 18.0 Å². The van der Waals surface area contributed by atoms with Crippen LogP contribution in [0.15, 0.2) is 6.07 Å². The van der Waals surface area contributed by atoms with E-state index in [4.69, 9.17) is 4.74 Å². The predicted octanol–water partition coefficient (Wildman–Crippen LogP) is 4.39. The molecule has 0 aromatic carbocycles. The van der Waals surface area contributed by atoms with Crippen molar-refractivity contribution in [3.05, 3.63) is 10.9 Å². The fourth-order valence-corrected chi connectivity index (χ4v) is 4.03. The summed E-state index contributed by atoms with van der Waals surface area (Å²) < 4.78 is 6.34. The summed E-state index contributed by atoms with van der Waals surface area (Å²) >= 11 is 1.69. The highest BCUT2D eigenvalue weighted by atomic mass is 32.1. The third kappa shape index (κ3) is 2.98. The van der Waals surface area contributed by atoms with Crippen LogP contribution in [0.3, 0.4) is 0 Å². The van der Waals surface area contributed by atoms with Gasteiger partial charge in [-0.1, -0.05) is 13.3 Å². The van der Waals surface area contributed by atoms with Crippen LogP contribution in [0.1, 0.15) is 43.9 Å². The first-order chi connectivity index (χ1) is 10.2. The Bertz CT molecular complexity index is 625. The number of hydrogen-bond donors (Lipinski definition) is 1. The Kier molecular flexibility index (Phi) is 4.29. The van der Waals surface area contributed by atoms with Gasteiger partial charge in [-0.3, -0.25) is 0 Å². The topological polar surface area (TPSA) is 47.0 Å². The van der Waals surface area contributed by atoms with Crippen molar-refractivity contribution in [2.75, 3.05) is 12.4 Å². The molecule has 1 N–H and O–H groups in total. The predicted molar refractivity (Wildman–Crippen MR) is 88.4 cm³/mol. The maximum Gasteiger partial charge on any atom is 0.227 e. The van der Waals surface area contributed by atoms with Crippen molar-refractivity contribution in [3.8, 4) is 5.88 Å². The molecule has 21 heavy (non-hydrogen) atoms. The average Bonchev–Trinajstić information content (AvgIpc) is 2.88. The Morgan fingerprint density at radius 3 is 2.90 bits per heavy atom. The van der Waals surface area contributed by atoms with E-state index >= 15 is 0 Å². The fourth-order valence-electron chi connectivity index (χ4n) is 3.16. The molecule has 4 nitrogen and oxygen atoms in total. The normalized spacial score (nSPS) is 22.4. The summed E-state index contributed by atoms with van der Waals surface area (Å²) in [5, 5.41) is 4.09. The molecule has 0 saturated heterocycles. The van der Waals surface area contributed by atoms with Crippen molar-refractivity contribution >= 4 is 27.5 Å². The van der Waals surface area contributed by atoms with Gasteiger partial charge < -0.3 is 10.1 Å². The first kappa shape index (κ1) is 14.6. The lowest BCUT2D eigenvalue weighted by Gasteiger charge is -2.30. The Morgan fingerprint density at radius 1 is 1.33 bits per heavy atom. The van der Waals surface area contributed by atoms with Crippen LogP contribution in [-0.2, 0) is 0 Å². The highest BCUT2D eigenvalue weighted by Crippen LogP contribution is 2.35. The van der Waals surface area contributed by atoms with E-state index in [1.807, 2.05) is 7.05 Å². The van der Waals surface area contributed by atoms with Gasteiger partial charge in [0.1, 0.15) is 10.9 Å². The quantitative estimate of drug-likeness (QED) is 0.910. The summed E-state index contributed by atoms with van der Waals surface area (Å²) in [5.74, 6) is 2.05. The second-order valence-electron chi connectivity index (χ2n) is 5.79. The Labute approximate surface area is 129 Å². The highest BCUT2D eigenvalue weighted by Gasteiger charge is 2.26. The molecule has 2 atom stereocenters. The molecular weight excluding hydrogens is 282 g/mol. The Morgan fingerprint density at radius 2 is 2.14 bits per heavy atom. The van der Waals surface area contributed by atoms with Crippen LogP contribution in [0.2, 0.25) is 0 Å². The minimum absolute atomic E-state index is 0.298. The van der Waals surface area contributed by atoms with Gasteiger partial charge in [0.2, 0.25) is 11.8 Å². The van der Waals surface area contributed by atoms with Gasteiger partial charge in [0.25, 0.3) is 0 Å². The molecule has 0 spiro atoms. The summed E-state index contributed by atoms with van der Waals surface area (Å²) in [5.41, 5.74) is 0. The van der Waals surface area contributed by atoms with E-state index < -0.39 is 0 Å². The molecule has 1 saturated carbocycles. The SMILES string of the molecule is CCC1CCCCC1Oc1nc(NC)nc2sc(C)cc12. The summed E-state index contributed by atoms with van der Waals surface area (Å²) in [6.45, 7) is 4.36. The highest BCUT2D eigenvalue weighted by molar-refractivity contribution is 7.18. The minimum Gasteiger partial charge on any atom is -0.473 e. The molecule has 0 aliphatic heterocycles. The number of aryl methyl sites for hydroxylation is 1. The standard InChI is InChI=1S/C16H23N3OS/c1-4-11-7-5-6-8-13(11)20-14-12-9-10(2)21-15(12)19-16(17-3)18-14/h9,11,13H,4-8H2,1-3H3,(H,17,18,19). The van der Waals surface area contributed by atoms with Crippen LogP contribution in [0.25, 0.3) is 10.2 Å². The minimum atomic E-state index is 0.298. The molecule has 2 heterocycles. The van der Waals surface area contributed by atoms with Crippen LogP contribution in [0.5, 0.6) is 5.88 Å².